The molecule has 4 heteroatoms. The second-order valence-electron chi connectivity index (χ2n) is 13.1. The zero-order valence-corrected chi connectivity index (χ0v) is 19.9. The van der Waals surface area contributed by atoms with E-state index in [9.17, 15) is 9.90 Å². The van der Waals surface area contributed by atoms with E-state index in [4.69, 9.17) is 9.47 Å². The Balaban J connectivity index is 1.28. The number of carbonyl (C=O) groups excluding carboxylic acids is 1. The van der Waals surface area contributed by atoms with Crippen LogP contribution in [0.15, 0.2) is 0 Å². The van der Waals surface area contributed by atoms with Crippen LogP contribution in [-0.4, -0.2) is 35.5 Å². The first-order valence-electron chi connectivity index (χ1n) is 13.2. The van der Waals surface area contributed by atoms with Crippen molar-refractivity contribution in [2.75, 3.05) is 6.61 Å². The maximum atomic E-state index is 13.3. The van der Waals surface area contributed by atoms with Crippen LogP contribution in [0.4, 0.5) is 0 Å². The average Bonchev–Trinajstić information content (AvgIpc) is 3.17. The molecular weight excluding hydrogens is 388 g/mol. The highest BCUT2D eigenvalue weighted by molar-refractivity contribution is 5.83. The van der Waals surface area contributed by atoms with Crippen molar-refractivity contribution in [1.29, 1.82) is 0 Å². The van der Waals surface area contributed by atoms with Crippen LogP contribution in [0.1, 0.15) is 85.5 Å². The van der Waals surface area contributed by atoms with Crippen molar-refractivity contribution in [1.82, 2.24) is 0 Å². The first-order valence-corrected chi connectivity index (χ1v) is 13.2. The first-order chi connectivity index (χ1) is 14.7. The number of ketones is 1. The predicted molar refractivity (Wildman–Crippen MR) is 118 cm³/mol. The lowest BCUT2D eigenvalue weighted by molar-refractivity contribution is -0.273. The zero-order chi connectivity index (χ0) is 21.8. The average molecular weight is 431 g/mol. The number of Topliss-reactive ketones (excluding diaryl/α,β-unsaturated/α-hetero) is 1. The number of fused-ring (bicyclic) bond motifs is 7. The minimum Gasteiger partial charge on any atom is -0.393 e. The number of ether oxygens (including phenoxy) is 2. The molecule has 0 radical (unpaired) electrons. The summed E-state index contributed by atoms with van der Waals surface area (Å²) >= 11 is 0. The number of hydrogen-bond donors (Lipinski definition) is 1. The molecular formula is C27H42O4. The van der Waals surface area contributed by atoms with Crippen LogP contribution in [0.3, 0.4) is 0 Å². The van der Waals surface area contributed by atoms with Gasteiger partial charge in [-0.3, -0.25) is 4.79 Å². The number of aliphatic hydroxyl groups excluding tert-OH is 1. The second-order valence-corrected chi connectivity index (χ2v) is 13.1. The summed E-state index contributed by atoms with van der Waals surface area (Å²) in [6.45, 7) is 10.4. The molecule has 6 rings (SSSR count). The van der Waals surface area contributed by atoms with Gasteiger partial charge in [-0.25, -0.2) is 0 Å². The summed E-state index contributed by atoms with van der Waals surface area (Å²) in [5.74, 6) is 3.53. The molecule has 6 aliphatic rings. The summed E-state index contributed by atoms with van der Waals surface area (Å²) in [7, 11) is 0. The lowest BCUT2D eigenvalue weighted by Crippen LogP contribution is -2.57. The lowest BCUT2D eigenvalue weighted by Gasteiger charge is -2.60. The van der Waals surface area contributed by atoms with Crippen LogP contribution < -0.4 is 0 Å². The van der Waals surface area contributed by atoms with Gasteiger partial charge >= 0.3 is 0 Å². The zero-order valence-electron chi connectivity index (χ0n) is 19.9. The molecule has 174 valence electrons. The number of rotatable bonds is 0. The number of carbonyl (C=O) groups is 1. The van der Waals surface area contributed by atoms with Crippen LogP contribution in [0, 0.1) is 52.3 Å². The van der Waals surface area contributed by atoms with Gasteiger partial charge in [-0.2, -0.15) is 0 Å². The molecule has 4 nitrogen and oxygen atoms in total. The normalized spacial score (nSPS) is 60.9. The first kappa shape index (κ1) is 21.1. The molecule has 12 atom stereocenters. The van der Waals surface area contributed by atoms with Crippen molar-refractivity contribution in [3.05, 3.63) is 0 Å². The monoisotopic (exact) mass is 430 g/mol. The van der Waals surface area contributed by atoms with Gasteiger partial charge in [0.1, 0.15) is 5.78 Å². The SMILES string of the molecule is C[C@@H]1CC[C@@]2(OC1)O[C@@H]1C[C@@H]3[C@H]4CC(=O)[C@H]5C[C@@H](O)CC[C@]5(C)[C@@H]4CC[C@]3(C)[C@@H]1[C@@H]2C. The van der Waals surface area contributed by atoms with Crippen molar-refractivity contribution < 1.29 is 19.4 Å². The summed E-state index contributed by atoms with van der Waals surface area (Å²) in [4.78, 5) is 13.3. The van der Waals surface area contributed by atoms with Gasteiger partial charge in [-0.05, 0) is 85.4 Å². The topological polar surface area (TPSA) is 55.8 Å². The van der Waals surface area contributed by atoms with E-state index in [1.807, 2.05) is 0 Å². The van der Waals surface area contributed by atoms with E-state index >= 15 is 0 Å². The predicted octanol–water partition coefficient (Wildman–Crippen LogP) is 4.97. The Morgan fingerprint density at radius 1 is 0.968 bits per heavy atom. The standard InChI is InChI=1S/C27H42O4/c1-15-5-10-27(30-14-15)16(2)24-23(31-27)13-20-18-12-22(29)21-11-17(28)6-8-25(21,3)19(18)7-9-26(20,24)4/h15-21,23-24,28H,5-14H2,1-4H3/t15-,16+,17+,18+,19-,20-,21-,23-,24-,25-,26+,27-/m1/s1. The molecule has 0 bridgehead atoms. The molecule has 1 N–H and O–H groups in total. The molecule has 1 spiro atoms. The molecule has 2 aliphatic heterocycles. The molecule has 4 saturated carbocycles. The van der Waals surface area contributed by atoms with Gasteiger partial charge in [0.25, 0.3) is 0 Å². The van der Waals surface area contributed by atoms with Gasteiger partial charge in [0, 0.05) is 24.7 Å². The van der Waals surface area contributed by atoms with Crippen LogP contribution >= 0.6 is 0 Å². The highest BCUT2D eigenvalue weighted by Gasteiger charge is 2.69. The van der Waals surface area contributed by atoms with Crippen LogP contribution in [0.25, 0.3) is 0 Å². The van der Waals surface area contributed by atoms with E-state index < -0.39 is 0 Å². The summed E-state index contributed by atoms with van der Waals surface area (Å²) in [6, 6.07) is 0. The maximum Gasteiger partial charge on any atom is 0.171 e. The van der Waals surface area contributed by atoms with Gasteiger partial charge in [0.15, 0.2) is 5.79 Å². The Bertz CT molecular complexity index is 756. The highest BCUT2D eigenvalue weighted by atomic mass is 16.7. The Labute approximate surface area is 187 Å². The molecule has 4 aliphatic carbocycles. The Morgan fingerprint density at radius 2 is 1.74 bits per heavy atom. The van der Waals surface area contributed by atoms with Gasteiger partial charge in [-0.1, -0.05) is 27.7 Å². The van der Waals surface area contributed by atoms with Crippen molar-refractivity contribution in [3.63, 3.8) is 0 Å². The smallest absolute Gasteiger partial charge is 0.171 e. The Kier molecular flexibility index (Phi) is 4.62. The highest BCUT2D eigenvalue weighted by Crippen LogP contribution is 2.71. The van der Waals surface area contributed by atoms with Gasteiger partial charge in [-0.15, -0.1) is 0 Å². The molecule has 31 heavy (non-hydrogen) atoms. The van der Waals surface area contributed by atoms with Crippen molar-refractivity contribution in [2.45, 2.75) is 103 Å². The quantitative estimate of drug-likeness (QED) is 0.589. The molecule has 6 fully saturated rings. The fraction of sp³-hybridized carbons (Fsp3) is 0.963. The minimum absolute atomic E-state index is 0.0823. The fourth-order valence-corrected chi connectivity index (χ4v) is 10.0. The van der Waals surface area contributed by atoms with Gasteiger partial charge in [0.2, 0.25) is 0 Å². The Hall–Kier alpha value is -0.450. The molecule has 0 aromatic rings. The second kappa shape index (κ2) is 6.79. The van der Waals surface area contributed by atoms with Gasteiger partial charge in [0.05, 0.1) is 18.8 Å². The van der Waals surface area contributed by atoms with E-state index in [1.54, 1.807) is 0 Å². The minimum atomic E-state index is -0.356. The summed E-state index contributed by atoms with van der Waals surface area (Å²) in [5.41, 5.74) is 0.355. The van der Waals surface area contributed by atoms with E-state index in [0.29, 0.717) is 53.8 Å². The third-order valence-electron chi connectivity index (χ3n) is 11.7. The maximum absolute atomic E-state index is 13.3. The lowest BCUT2D eigenvalue weighted by atomic mass is 9.44. The Morgan fingerprint density at radius 3 is 2.48 bits per heavy atom. The van der Waals surface area contributed by atoms with Crippen LogP contribution in [-0.2, 0) is 14.3 Å². The summed E-state index contributed by atoms with van der Waals surface area (Å²) in [5, 5.41) is 10.3. The van der Waals surface area contributed by atoms with E-state index in [0.717, 1.165) is 38.7 Å². The molecule has 0 aromatic carbocycles. The molecule has 0 aromatic heterocycles. The molecule has 0 amide bonds. The molecule has 0 unspecified atom stereocenters. The third-order valence-corrected chi connectivity index (χ3v) is 11.7. The van der Waals surface area contributed by atoms with E-state index in [2.05, 4.69) is 27.7 Å². The summed E-state index contributed by atoms with van der Waals surface area (Å²) < 4.78 is 13.3. The summed E-state index contributed by atoms with van der Waals surface area (Å²) in [6.07, 6.45) is 9.21. The van der Waals surface area contributed by atoms with Crippen molar-refractivity contribution >= 4 is 5.78 Å². The van der Waals surface area contributed by atoms with Crippen molar-refractivity contribution in [2.24, 2.45) is 52.3 Å². The van der Waals surface area contributed by atoms with E-state index in [-0.39, 0.29) is 28.6 Å². The largest absolute Gasteiger partial charge is 0.393 e. The number of hydrogen-bond acceptors (Lipinski definition) is 4. The van der Waals surface area contributed by atoms with Crippen LogP contribution in [0.2, 0.25) is 0 Å². The van der Waals surface area contributed by atoms with Crippen molar-refractivity contribution in [3.8, 4) is 0 Å². The number of aliphatic hydroxyl groups is 1. The fourth-order valence-electron chi connectivity index (χ4n) is 10.0. The van der Waals surface area contributed by atoms with E-state index in [1.165, 1.54) is 19.3 Å². The molecule has 2 heterocycles. The van der Waals surface area contributed by atoms with Gasteiger partial charge < -0.3 is 14.6 Å². The van der Waals surface area contributed by atoms with Crippen LogP contribution in [0.5, 0.6) is 0 Å². The third kappa shape index (κ3) is 2.74. The molecule has 2 saturated heterocycles.